The Bertz CT molecular complexity index is 1430. The fourth-order valence-electron chi connectivity index (χ4n) is 6.27. The molecule has 1 N–H and O–H groups in total. The van der Waals surface area contributed by atoms with Gasteiger partial charge in [-0.25, -0.2) is 0 Å². The predicted octanol–water partition coefficient (Wildman–Crippen LogP) is 5.95. The SMILES string of the molecule is CC(C)(C)c1ccc(N(C(=O)[C@H]2C[C@@H](Oc3ccccc3)CN2C#N)[C@@H](C(=O)CNC2CCCCC2)c2cccnc2)cc1. The van der Waals surface area contributed by atoms with E-state index in [4.69, 9.17) is 4.74 Å². The molecule has 8 nitrogen and oxygen atoms in total. The zero-order valence-electron chi connectivity index (χ0n) is 26.0. The highest BCUT2D eigenvalue weighted by molar-refractivity contribution is 6.05. The summed E-state index contributed by atoms with van der Waals surface area (Å²) in [6.07, 6.45) is 11.1. The van der Waals surface area contributed by atoms with Crippen LogP contribution in [0.25, 0.3) is 0 Å². The lowest BCUT2D eigenvalue weighted by atomic mass is 9.87. The number of ether oxygens (including phenoxy) is 1. The van der Waals surface area contributed by atoms with Crippen LogP contribution in [0.5, 0.6) is 5.75 Å². The molecule has 1 saturated heterocycles. The van der Waals surface area contributed by atoms with Gasteiger partial charge in [-0.1, -0.05) is 76.4 Å². The van der Waals surface area contributed by atoms with Gasteiger partial charge in [0.1, 0.15) is 23.9 Å². The molecule has 1 aromatic heterocycles. The first kappa shape index (κ1) is 31.2. The highest BCUT2D eigenvalue weighted by Gasteiger charge is 2.44. The maximum atomic E-state index is 14.7. The summed E-state index contributed by atoms with van der Waals surface area (Å²) in [6, 6.07) is 19.5. The number of likely N-dealkylation sites (tertiary alicyclic amines) is 1. The van der Waals surface area contributed by atoms with Gasteiger partial charge in [0.25, 0.3) is 5.91 Å². The van der Waals surface area contributed by atoms with E-state index in [9.17, 15) is 14.9 Å². The van der Waals surface area contributed by atoms with Gasteiger partial charge in [0.05, 0.1) is 13.1 Å². The summed E-state index contributed by atoms with van der Waals surface area (Å²) >= 11 is 0. The van der Waals surface area contributed by atoms with Crippen molar-refractivity contribution in [2.75, 3.05) is 18.0 Å². The zero-order valence-corrected chi connectivity index (χ0v) is 26.0. The summed E-state index contributed by atoms with van der Waals surface area (Å²) in [4.78, 5) is 36.3. The molecule has 2 heterocycles. The Labute approximate surface area is 261 Å². The number of nitriles is 1. The largest absolute Gasteiger partial charge is 0.488 e. The lowest BCUT2D eigenvalue weighted by Gasteiger charge is -2.35. The molecule has 1 amide bonds. The number of pyridine rings is 1. The molecule has 2 aliphatic rings. The van der Waals surface area contributed by atoms with Crippen LogP contribution in [0.15, 0.2) is 79.1 Å². The van der Waals surface area contributed by atoms with Crippen molar-refractivity contribution in [1.29, 1.82) is 5.26 Å². The first-order valence-electron chi connectivity index (χ1n) is 15.7. The van der Waals surface area contributed by atoms with Gasteiger partial charge < -0.3 is 10.1 Å². The van der Waals surface area contributed by atoms with Crippen LogP contribution in [-0.4, -0.2) is 52.9 Å². The number of para-hydroxylation sites is 1. The molecule has 3 aromatic rings. The second-order valence-corrected chi connectivity index (χ2v) is 12.9. The summed E-state index contributed by atoms with van der Waals surface area (Å²) in [5, 5.41) is 13.6. The van der Waals surface area contributed by atoms with Crippen molar-refractivity contribution in [3.8, 4) is 11.9 Å². The number of hydrogen-bond acceptors (Lipinski definition) is 7. The normalized spacial score (nSPS) is 19.6. The molecule has 1 saturated carbocycles. The summed E-state index contributed by atoms with van der Waals surface area (Å²) < 4.78 is 6.17. The van der Waals surface area contributed by atoms with Gasteiger partial charge >= 0.3 is 0 Å². The number of carbonyl (C=O) groups is 2. The van der Waals surface area contributed by atoms with Crippen molar-refractivity contribution >= 4 is 17.4 Å². The standard InChI is InChI=1S/C36H43N5O3/c1-36(2,3)27-16-18-29(19-17-27)41(35(43)32-21-31(24-40(32)25-37)44-30-14-8-5-9-15-30)34(26-11-10-20-38-22-26)33(42)23-39-28-12-6-4-7-13-28/h5,8-11,14-20,22,28,31-32,34,39H,4,6-7,12-13,21,23-24H2,1-3H3/t31-,32-,34-/m1/s1. The third kappa shape index (κ3) is 7.46. The molecular weight excluding hydrogens is 550 g/mol. The monoisotopic (exact) mass is 593 g/mol. The van der Waals surface area contributed by atoms with Crippen molar-refractivity contribution in [3.05, 3.63) is 90.3 Å². The van der Waals surface area contributed by atoms with Crippen LogP contribution in [0.4, 0.5) is 5.69 Å². The number of benzene rings is 2. The predicted molar refractivity (Wildman–Crippen MR) is 171 cm³/mol. The molecule has 44 heavy (non-hydrogen) atoms. The van der Waals surface area contributed by atoms with Crippen molar-refractivity contribution < 1.29 is 14.3 Å². The number of nitrogens with one attached hydrogen (secondary N) is 1. The highest BCUT2D eigenvalue weighted by Crippen LogP contribution is 2.34. The van der Waals surface area contributed by atoms with Crippen molar-refractivity contribution in [2.45, 2.75) is 88.9 Å². The van der Waals surface area contributed by atoms with Gasteiger partial charge in [-0.2, -0.15) is 5.26 Å². The molecule has 0 spiro atoms. The summed E-state index contributed by atoms with van der Waals surface area (Å²) in [7, 11) is 0. The second-order valence-electron chi connectivity index (χ2n) is 12.9. The lowest BCUT2D eigenvalue weighted by molar-refractivity contribution is -0.127. The van der Waals surface area contributed by atoms with Crippen LogP contribution in [0.2, 0.25) is 0 Å². The molecule has 2 aromatic carbocycles. The van der Waals surface area contributed by atoms with Gasteiger partial charge in [-0.05, 0) is 54.2 Å². The molecule has 0 radical (unpaired) electrons. The second kappa shape index (κ2) is 14.0. The van der Waals surface area contributed by atoms with Gasteiger partial charge in [0.2, 0.25) is 0 Å². The van der Waals surface area contributed by atoms with Crippen molar-refractivity contribution in [1.82, 2.24) is 15.2 Å². The number of ketones is 1. The molecular formula is C36H43N5O3. The van der Waals surface area contributed by atoms with Crippen molar-refractivity contribution in [3.63, 3.8) is 0 Å². The Hall–Kier alpha value is -4.22. The minimum atomic E-state index is -0.914. The number of nitrogens with zero attached hydrogens (tertiary/aromatic N) is 4. The number of aromatic nitrogens is 1. The molecule has 230 valence electrons. The third-order valence-corrected chi connectivity index (χ3v) is 8.70. The quantitative estimate of drug-likeness (QED) is 0.290. The number of anilines is 1. The van der Waals surface area contributed by atoms with E-state index in [1.807, 2.05) is 60.7 Å². The average Bonchev–Trinajstić information content (AvgIpc) is 3.46. The fourth-order valence-corrected chi connectivity index (χ4v) is 6.27. The van der Waals surface area contributed by atoms with Crippen LogP contribution >= 0.6 is 0 Å². The Balaban J connectivity index is 1.50. The number of carbonyl (C=O) groups excluding carboxylic acids is 2. The molecule has 0 unspecified atom stereocenters. The highest BCUT2D eigenvalue weighted by atomic mass is 16.5. The summed E-state index contributed by atoms with van der Waals surface area (Å²) in [6.45, 7) is 6.84. The Morgan fingerprint density at radius 2 is 1.77 bits per heavy atom. The van der Waals surface area contributed by atoms with E-state index in [1.54, 1.807) is 23.4 Å². The van der Waals surface area contributed by atoms with E-state index in [0.29, 0.717) is 23.4 Å². The van der Waals surface area contributed by atoms with E-state index in [0.717, 1.165) is 31.2 Å². The molecule has 3 atom stereocenters. The van der Waals surface area contributed by atoms with E-state index in [2.05, 4.69) is 37.3 Å². The number of Topliss-reactive ketones (excluding diaryl/α,β-unsaturated/α-hetero) is 1. The minimum absolute atomic E-state index is 0.0824. The number of hydrogen-bond donors (Lipinski definition) is 1. The lowest BCUT2D eigenvalue weighted by Crippen LogP contribution is -2.50. The molecule has 8 heteroatoms. The Morgan fingerprint density at radius 1 is 1.05 bits per heavy atom. The molecule has 5 rings (SSSR count). The Kier molecular flexibility index (Phi) is 9.96. The van der Waals surface area contributed by atoms with E-state index >= 15 is 0 Å². The maximum Gasteiger partial charge on any atom is 0.251 e. The molecule has 1 aliphatic heterocycles. The van der Waals surface area contributed by atoms with E-state index < -0.39 is 12.1 Å². The van der Waals surface area contributed by atoms with Crippen LogP contribution in [-0.2, 0) is 15.0 Å². The zero-order chi connectivity index (χ0) is 31.1. The van der Waals surface area contributed by atoms with Crippen LogP contribution in [0, 0.1) is 11.5 Å². The number of amides is 1. The fraction of sp³-hybridized carbons (Fsp3) is 0.444. The summed E-state index contributed by atoms with van der Waals surface area (Å²) in [5.74, 6) is 0.264. The van der Waals surface area contributed by atoms with Crippen LogP contribution < -0.4 is 15.0 Å². The first-order valence-corrected chi connectivity index (χ1v) is 15.7. The van der Waals surface area contributed by atoms with E-state index in [1.165, 1.54) is 11.3 Å². The molecule has 2 fully saturated rings. The maximum absolute atomic E-state index is 14.7. The van der Waals surface area contributed by atoms with Crippen LogP contribution in [0.1, 0.15) is 76.5 Å². The number of rotatable bonds is 10. The average molecular weight is 594 g/mol. The molecule has 1 aliphatic carbocycles. The van der Waals surface area contributed by atoms with Gasteiger partial charge in [-0.3, -0.25) is 24.4 Å². The van der Waals surface area contributed by atoms with Crippen LogP contribution in [0.3, 0.4) is 0 Å². The van der Waals surface area contributed by atoms with Crippen molar-refractivity contribution in [2.24, 2.45) is 0 Å². The smallest absolute Gasteiger partial charge is 0.251 e. The van der Waals surface area contributed by atoms with E-state index in [-0.39, 0.29) is 42.3 Å². The van der Waals surface area contributed by atoms with Gasteiger partial charge in [-0.15, -0.1) is 0 Å². The Morgan fingerprint density at radius 3 is 2.41 bits per heavy atom. The summed E-state index contributed by atoms with van der Waals surface area (Å²) in [5.41, 5.74) is 2.27. The minimum Gasteiger partial charge on any atom is -0.488 e. The van der Waals surface area contributed by atoms with Gasteiger partial charge in [0, 0.05) is 36.1 Å². The third-order valence-electron chi connectivity index (χ3n) is 8.70. The first-order chi connectivity index (χ1) is 21.2. The topological polar surface area (TPSA) is 98.6 Å². The van der Waals surface area contributed by atoms with Gasteiger partial charge in [0.15, 0.2) is 12.0 Å². The molecule has 0 bridgehead atoms.